The number of aryl methyl sites for hydroxylation is 1. The molecule has 1 saturated heterocycles. The number of hydrogen-bond donors (Lipinski definition) is 0. The standard InChI is InChI=1S/C19H18N2O2S/c1-3-13-8-10-14(11-9-13)21-17(22)12-24-19(21)15-6-4-5-7-16(15)20(2)18(19)23/h4-11H,3,12H2,1-2H3/t19-/m0/s1. The van der Waals surface area contributed by atoms with E-state index in [9.17, 15) is 9.59 Å². The third-order valence-electron chi connectivity index (χ3n) is 4.80. The van der Waals surface area contributed by atoms with E-state index in [1.165, 1.54) is 17.3 Å². The smallest absolute Gasteiger partial charge is 0.268 e. The normalized spacial score (nSPS) is 22.6. The molecule has 0 aliphatic carbocycles. The van der Waals surface area contributed by atoms with Crippen LogP contribution in [0.2, 0.25) is 0 Å². The quantitative estimate of drug-likeness (QED) is 0.844. The van der Waals surface area contributed by atoms with Crippen molar-refractivity contribution in [3.05, 3.63) is 59.7 Å². The molecule has 0 aromatic heterocycles. The summed E-state index contributed by atoms with van der Waals surface area (Å²) in [6.45, 7) is 2.10. The molecule has 4 nitrogen and oxygen atoms in total. The topological polar surface area (TPSA) is 40.6 Å². The summed E-state index contributed by atoms with van der Waals surface area (Å²) in [5.41, 5.74) is 3.76. The van der Waals surface area contributed by atoms with Gasteiger partial charge in [-0.2, -0.15) is 0 Å². The molecule has 2 aromatic carbocycles. The Hall–Kier alpha value is -2.27. The van der Waals surface area contributed by atoms with Crippen LogP contribution < -0.4 is 9.80 Å². The highest BCUT2D eigenvalue weighted by Gasteiger charge is 2.60. The van der Waals surface area contributed by atoms with Gasteiger partial charge >= 0.3 is 0 Å². The van der Waals surface area contributed by atoms with Crippen molar-refractivity contribution in [1.29, 1.82) is 0 Å². The number of nitrogens with zero attached hydrogens (tertiary/aromatic N) is 2. The molecule has 0 unspecified atom stereocenters. The van der Waals surface area contributed by atoms with Gasteiger partial charge in [-0.3, -0.25) is 14.5 Å². The molecule has 24 heavy (non-hydrogen) atoms. The zero-order chi connectivity index (χ0) is 16.9. The Morgan fingerprint density at radius 2 is 1.79 bits per heavy atom. The number of carbonyl (C=O) groups excluding carboxylic acids is 2. The Balaban J connectivity index is 1.90. The lowest BCUT2D eigenvalue weighted by molar-refractivity contribution is -0.123. The first kappa shape index (κ1) is 15.3. The molecule has 5 heteroatoms. The number of hydrogen-bond acceptors (Lipinski definition) is 3. The molecule has 2 amide bonds. The van der Waals surface area contributed by atoms with Crippen LogP contribution in [0.4, 0.5) is 11.4 Å². The maximum absolute atomic E-state index is 13.1. The fourth-order valence-electron chi connectivity index (χ4n) is 3.54. The summed E-state index contributed by atoms with van der Waals surface area (Å²) in [4.78, 5) is 28.2. The van der Waals surface area contributed by atoms with Crippen molar-refractivity contribution in [3.8, 4) is 0 Å². The van der Waals surface area contributed by atoms with Gasteiger partial charge in [0.15, 0.2) is 0 Å². The number of benzene rings is 2. The van der Waals surface area contributed by atoms with E-state index < -0.39 is 4.87 Å². The van der Waals surface area contributed by atoms with Crippen molar-refractivity contribution >= 4 is 35.0 Å². The van der Waals surface area contributed by atoms with Gasteiger partial charge < -0.3 is 4.90 Å². The minimum Gasteiger partial charge on any atom is -0.312 e. The molecule has 1 fully saturated rings. The van der Waals surface area contributed by atoms with Crippen LogP contribution in [-0.2, 0) is 20.9 Å². The fourth-order valence-corrected chi connectivity index (χ4v) is 4.92. The zero-order valence-electron chi connectivity index (χ0n) is 13.7. The maximum Gasteiger partial charge on any atom is 0.268 e. The molecular formula is C19H18N2O2S. The van der Waals surface area contributed by atoms with Gasteiger partial charge in [0.1, 0.15) is 0 Å². The Bertz CT molecular complexity index is 834. The molecule has 2 heterocycles. The number of thioether (sulfide) groups is 1. The second-order valence-electron chi connectivity index (χ2n) is 6.06. The molecular weight excluding hydrogens is 320 g/mol. The summed E-state index contributed by atoms with van der Waals surface area (Å²) in [5, 5.41) is 0. The van der Waals surface area contributed by atoms with Crippen molar-refractivity contribution < 1.29 is 9.59 Å². The van der Waals surface area contributed by atoms with Crippen LogP contribution in [-0.4, -0.2) is 24.6 Å². The van der Waals surface area contributed by atoms with Crippen molar-refractivity contribution in [2.24, 2.45) is 0 Å². The third-order valence-corrected chi connectivity index (χ3v) is 6.18. The fraction of sp³-hybridized carbons (Fsp3) is 0.263. The molecule has 0 saturated carbocycles. The van der Waals surface area contributed by atoms with E-state index in [4.69, 9.17) is 0 Å². The zero-order valence-corrected chi connectivity index (χ0v) is 14.5. The highest BCUT2D eigenvalue weighted by Crippen LogP contribution is 2.55. The average Bonchev–Trinajstić information content (AvgIpc) is 3.07. The van der Waals surface area contributed by atoms with Crippen LogP contribution in [0.1, 0.15) is 18.1 Å². The van der Waals surface area contributed by atoms with Crippen LogP contribution in [0, 0.1) is 0 Å². The number of likely N-dealkylation sites (N-methyl/N-ethyl adjacent to an activating group) is 1. The van der Waals surface area contributed by atoms with Gasteiger partial charge in [-0.05, 0) is 30.2 Å². The first-order chi connectivity index (χ1) is 11.6. The predicted molar refractivity (Wildman–Crippen MR) is 97.3 cm³/mol. The molecule has 2 aliphatic rings. The van der Waals surface area contributed by atoms with Crippen molar-refractivity contribution in [2.75, 3.05) is 22.6 Å². The number of fused-ring (bicyclic) bond motifs is 2. The first-order valence-electron chi connectivity index (χ1n) is 8.03. The van der Waals surface area contributed by atoms with Gasteiger partial charge in [0.25, 0.3) is 5.91 Å². The molecule has 0 bridgehead atoms. The summed E-state index contributed by atoms with van der Waals surface area (Å²) in [5.74, 6) is 0.227. The van der Waals surface area contributed by atoms with E-state index in [0.29, 0.717) is 5.75 Å². The summed E-state index contributed by atoms with van der Waals surface area (Å²) < 4.78 is 0. The van der Waals surface area contributed by atoms with Crippen LogP contribution >= 0.6 is 11.8 Å². The van der Waals surface area contributed by atoms with Crippen LogP contribution in [0.25, 0.3) is 0 Å². The van der Waals surface area contributed by atoms with Crippen LogP contribution in [0.3, 0.4) is 0 Å². The molecule has 0 radical (unpaired) electrons. The second kappa shape index (κ2) is 5.38. The SMILES string of the molecule is CCc1ccc(N2C(=O)CS[C@@]23C(=O)N(C)c2ccccc23)cc1. The van der Waals surface area contributed by atoms with Gasteiger partial charge in [-0.1, -0.05) is 37.3 Å². The predicted octanol–water partition coefficient (Wildman–Crippen LogP) is 3.16. The van der Waals surface area contributed by atoms with Gasteiger partial charge in [0.2, 0.25) is 10.8 Å². The summed E-state index contributed by atoms with van der Waals surface area (Å²) in [6, 6.07) is 15.7. The van der Waals surface area contributed by atoms with Gasteiger partial charge in [-0.15, -0.1) is 11.8 Å². The lowest BCUT2D eigenvalue weighted by Gasteiger charge is -2.33. The molecule has 1 atom stereocenters. The molecule has 2 aromatic rings. The van der Waals surface area contributed by atoms with E-state index in [1.54, 1.807) is 16.8 Å². The minimum atomic E-state index is -0.976. The highest BCUT2D eigenvalue weighted by molar-refractivity contribution is 8.02. The lowest BCUT2D eigenvalue weighted by atomic mass is 10.0. The number of anilines is 2. The summed E-state index contributed by atoms with van der Waals surface area (Å²) >= 11 is 1.41. The van der Waals surface area contributed by atoms with Gasteiger partial charge in [0, 0.05) is 18.3 Å². The number of rotatable bonds is 2. The average molecular weight is 338 g/mol. The van der Waals surface area contributed by atoms with E-state index in [-0.39, 0.29) is 11.8 Å². The molecule has 1 spiro atoms. The largest absolute Gasteiger partial charge is 0.312 e. The Morgan fingerprint density at radius 1 is 1.08 bits per heavy atom. The lowest BCUT2D eigenvalue weighted by Crippen LogP contribution is -2.49. The maximum atomic E-state index is 13.1. The Kier molecular flexibility index (Phi) is 3.42. The van der Waals surface area contributed by atoms with E-state index in [0.717, 1.165) is 23.4 Å². The number of para-hydroxylation sites is 1. The first-order valence-corrected chi connectivity index (χ1v) is 9.01. The van der Waals surface area contributed by atoms with Crippen molar-refractivity contribution in [1.82, 2.24) is 0 Å². The Morgan fingerprint density at radius 3 is 2.50 bits per heavy atom. The summed E-state index contributed by atoms with van der Waals surface area (Å²) in [6.07, 6.45) is 0.943. The van der Waals surface area contributed by atoms with Gasteiger partial charge in [-0.25, -0.2) is 0 Å². The van der Waals surface area contributed by atoms with E-state index in [2.05, 4.69) is 6.92 Å². The van der Waals surface area contributed by atoms with Gasteiger partial charge in [0.05, 0.1) is 11.4 Å². The number of amides is 2. The van der Waals surface area contributed by atoms with Crippen LogP contribution in [0.15, 0.2) is 48.5 Å². The number of carbonyl (C=O) groups is 2. The van der Waals surface area contributed by atoms with Crippen LogP contribution in [0.5, 0.6) is 0 Å². The molecule has 0 N–H and O–H groups in total. The molecule has 122 valence electrons. The highest BCUT2D eigenvalue weighted by atomic mass is 32.2. The third kappa shape index (κ3) is 1.88. The second-order valence-corrected chi connectivity index (χ2v) is 7.23. The van der Waals surface area contributed by atoms with E-state index in [1.807, 2.05) is 48.5 Å². The Labute approximate surface area is 145 Å². The monoisotopic (exact) mass is 338 g/mol. The van der Waals surface area contributed by atoms with Crippen molar-refractivity contribution in [2.45, 2.75) is 18.2 Å². The minimum absolute atomic E-state index is 0.0253. The van der Waals surface area contributed by atoms with E-state index >= 15 is 0 Å². The molecule has 2 aliphatic heterocycles. The summed E-state index contributed by atoms with van der Waals surface area (Å²) in [7, 11) is 1.78. The molecule has 4 rings (SSSR count). The van der Waals surface area contributed by atoms with Crippen molar-refractivity contribution in [3.63, 3.8) is 0 Å².